The predicted molar refractivity (Wildman–Crippen MR) is 135 cm³/mol. The van der Waals surface area contributed by atoms with Crippen LogP contribution in [-0.4, -0.2) is 54.3 Å². The standard InChI is InChI=1S/C24H20N6O4S2/c25-14-17-2-1-3-21-20(17)8-10-28(21)15-22(31)29-11-12-30(23(32)16-29)18-4-6-19(7-5-18)36(33,34)27-24-26-9-13-35-24/h1-10,13H,11-12,15-16H2,(H,26,27). The molecule has 36 heavy (non-hydrogen) atoms. The van der Waals surface area contributed by atoms with Crippen LogP contribution in [0.25, 0.3) is 10.9 Å². The van der Waals surface area contributed by atoms with E-state index in [9.17, 15) is 23.3 Å². The van der Waals surface area contributed by atoms with Crippen LogP contribution in [0, 0.1) is 11.3 Å². The molecule has 0 radical (unpaired) electrons. The van der Waals surface area contributed by atoms with E-state index in [0.29, 0.717) is 24.3 Å². The number of carbonyl (C=O) groups excluding carboxylic acids is 2. The van der Waals surface area contributed by atoms with E-state index in [1.165, 1.54) is 34.6 Å². The van der Waals surface area contributed by atoms with Crippen LogP contribution in [0.15, 0.2) is 71.2 Å². The van der Waals surface area contributed by atoms with Gasteiger partial charge in [-0.1, -0.05) is 6.07 Å². The zero-order valence-corrected chi connectivity index (χ0v) is 20.5. The first-order valence-corrected chi connectivity index (χ1v) is 13.3. The van der Waals surface area contributed by atoms with Crippen molar-refractivity contribution in [1.29, 1.82) is 5.26 Å². The van der Waals surface area contributed by atoms with Gasteiger partial charge in [-0.2, -0.15) is 5.26 Å². The van der Waals surface area contributed by atoms with Crippen molar-refractivity contribution in [3.8, 4) is 6.07 Å². The molecular formula is C24H20N6O4S2. The van der Waals surface area contributed by atoms with Crippen molar-refractivity contribution < 1.29 is 18.0 Å². The molecule has 2 aromatic heterocycles. The van der Waals surface area contributed by atoms with E-state index in [4.69, 9.17) is 0 Å². The maximum Gasteiger partial charge on any atom is 0.263 e. The topological polar surface area (TPSA) is 128 Å². The molecule has 5 rings (SSSR count). The summed E-state index contributed by atoms with van der Waals surface area (Å²) in [5.41, 5.74) is 1.88. The van der Waals surface area contributed by atoms with Crippen LogP contribution in [0.5, 0.6) is 0 Å². The third kappa shape index (κ3) is 4.53. The number of rotatable bonds is 6. The summed E-state index contributed by atoms with van der Waals surface area (Å²) in [7, 11) is -3.79. The summed E-state index contributed by atoms with van der Waals surface area (Å²) in [6.45, 7) is 0.620. The minimum absolute atomic E-state index is 0.0567. The Labute approximate surface area is 211 Å². The molecule has 1 aliphatic heterocycles. The largest absolute Gasteiger partial charge is 0.338 e. The van der Waals surface area contributed by atoms with Crippen molar-refractivity contribution in [3.63, 3.8) is 0 Å². The summed E-state index contributed by atoms with van der Waals surface area (Å²) in [5.74, 6) is -0.451. The number of piperazine rings is 1. The number of hydrogen-bond acceptors (Lipinski definition) is 7. The van der Waals surface area contributed by atoms with E-state index in [2.05, 4.69) is 15.8 Å². The first-order valence-electron chi connectivity index (χ1n) is 10.9. The minimum atomic E-state index is -3.79. The first-order chi connectivity index (χ1) is 17.4. The van der Waals surface area contributed by atoms with Gasteiger partial charge in [-0.15, -0.1) is 11.3 Å². The molecular weight excluding hydrogens is 500 g/mol. The van der Waals surface area contributed by atoms with Gasteiger partial charge in [0.1, 0.15) is 13.1 Å². The van der Waals surface area contributed by atoms with Crippen LogP contribution in [0.4, 0.5) is 10.8 Å². The molecule has 182 valence electrons. The second-order valence-corrected chi connectivity index (χ2v) is 10.7. The fourth-order valence-electron chi connectivity index (χ4n) is 4.12. The minimum Gasteiger partial charge on any atom is -0.338 e. The van der Waals surface area contributed by atoms with E-state index in [1.54, 1.807) is 51.4 Å². The molecule has 1 fully saturated rings. The molecule has 2 aromatic carbocycles. The quantitative estimate of drug-likeness (QED) is 0.416. The van der Waals surface area contributed by atoms with Crippen molar-refractivity contribution in [2.45, 2.75) is 11.4 Å². The summed E-state index contributed by atoms with van der Waals surface area (Å²) < 4.78 is 29.2. The molecule has 0 spiro atoms. The Kier molecular flexibility index (Phi) is 6.17. The number of anilines is 2. The summed E-state index contributed by atoms with van der Waals surface area (Å²) in [4.78, 5) is 32.8. The molecule has 0 saturated carbocycles. The van der Waals surface area contributed by atoms with E-state index in [0.717, 1.165) is 10.9 Å². The molecule has 1 aliphatic rings. The van der Waals surface area contributed by atoms with Gasteiger partial charge in [-0.3, -0.25) is 14.3 Å². The maximum atomic E-state index is 12.9. The highest BCUT2D eigenvalue weighted by Crippen LogP contribution is 2.24. The molecule has 1 saturated heterocycles. The molecule has 4 aromatic rings. The van der Waals surface area contributed by atoms with Crippen LogP contribution in [0.2, 0.25) is 0 Å². The molecule has 0 atom stereocenters. The Morgan fingerprint density at radius 3 is 2.64 bits per heavy atom. The lowest BCUT2D eigenvalue weighted by atomic mass is 10.1. The number of amides is 2. The Hall–Kier alpha value is -4.21. The third-order valence-corrected chi connectivity index (χ3v) is 8.10. The van der Waals surface area contributed by atoms with Crippen LogP contribution in [0.3, 0.4) is 0 Å². The van der Waals surface area contributed by atoms with E-state index < -0.39 is 10.0 Å². The number of nitrogens with zero attached hydrogens (tertiary/aromatic N) is 5. The number of nitriles is 1. The van der Waals surface area contributed by atoms with Gasteiger partial charge in [0, 0.05) is 47.5 Å². The third-order valence-electron chi connectivity index (χ3n) is 5.93. The van der Waals surface area contributed by atoms with Gasteiger partial charge < -0.3 is 14.4 Å². The number of hydrogen-bond donors (Lipinski definition) is 1. The highest BCUT2D eigenvalue weighted by Gasteiger charge is 2.28. The number of carbonyl (C=O) groups is 2. The summed E-state index contributed by atoms with van der Waals surface area (Å²) >= 11 is 1.18. The normalized spacial score (nSPS) is 14.1. The van der Waals surface area contributed by atoms with Crippen molar-refractivity contribution >= 4 is 54.9 Å². The van der Waals surface area contributed by atoms with E-state index in [-0.39, 0.29) is 34.9 Å². The van der Waals surface area contributed by atoms with Crippen molar-refractivity contribution in [3.05, 3.63) is 71.9 Å². The van der Waals surface area contributed by atoms with Gasteiger partial charge in [-0.25, -0.2) is 13.4 Å². The van der Waals surface area contributed by atoms with E-state index >= 15 is 0 Å². The van der Waals surface area contributed by atoms with Crippen molar-refractivity contribution in [1.82, 2.24) is 14.5 Å². The van der Waals surface area contributed by atoms with Gasteiger partial charge in [0.2, 0.25) is 11.8 Å². The van der Waals surface area contributed by atoms with Gasteiger partial charge in [0.25, 0.3) is 10.0 Å². The Balaban J connectivity index is 1.24. The molecule has 10 nitrogen and oxygen atoms in total. The van der Waals surface area contributed by atoms with Gasteiger partial charge in [0.15, 0.2) is 5.13 Å². The smallest absolute Gasteiger partial charge is 0.263 e. The zero-order valence-electron chi connectivity index (χ0n) is 18.9. The first kappa shape index (κ1) is 23.5. The number of nitrogens with one attached hydrogen (secondary N) is 1. The van der Waals surface area contributed by atoms with Crippen LogP contribution in [-0.2, 0) is 26.2 Å². The van der Waals surface area contributed by atoms with Crippen LogP contribution >= 0.6 is 11.3 Å². The lowest BCUT2D eigenvalue weighted by molar-refractivity contribution is -0.137. The van der Waals surface area contributed by atoms with Crippen LogP contribution < -0.4 is 9.62 Å². The average Bonchev–Trinajstić information content (AvgIpc) is 3.53. The van der Waals surface area contributed by atoms with Crippen molar-refractivity contribution in [2.75, 3.05) is 29.3 Å². The average molecular weight is 521 g/mol. The maximum absolute atomic E-state index is 12.9. The summed E-state index contributed by atoms with van der Waals surface area (Å²) in [5, 5.41) is 12.0. The van der Waals surface area contributed by atoms with Crippen molar-refractivity contribution in [2.24, 2.45) is 0 Å². The Bertz CT molecular complexity index is 1590. The van der Waals surface area contributed by atoms with Gasteiger partial charge >= 0.3 is 0 Å². The molecule has 0 aliphatic carbocycles. The summed E-state index contributed by atoms with van der Waals surface area (Å²) in [6, 6.07) is 15.3. The number of benzene rings is 2. The van der Waals surface area contributed by atoms with Gasteiger partial charge in [-0.05, 0) is 42.5 Å². The SMILES string of the molecule is N#Cc1cccc2c1ccn2CC(=O)N1CCN(c2ccc(S(=O)(=O)Nc3nccs3)cc2)C(=O)C1. The zero-order chi connectivity index (χ0) is 25.3. The molecule has 0 unspecified atom stereocenters. The number of aromatic nitrogens is 2. The summed E-state index contributed by atoms with van der Waals surface area (Å²) in [6.07, 6.45) is 3.27. The Morgan fingerprint density at radius 1 is 1.14 bits per heavy atom. The Morgan fingerprint density at radius 2 is 1.94 bits per heavy atom. The monoisotopic (exact) mass is 520 g/mol. The van der Waals surface area contributed by atoms with Crippen LogP contribution in [0.1, 0.15) is 5.56 Å². The number of sulfonamides is 1. The molecule has 1 N–H and O–H groups in total. The molecule has 2 amide bonds. The number of thiazole rings is 1. The predicted octanol–water partition coefficient (Wildman–Crippen LogP) is 2.65. The molecule has 12 heteroatoms. The lowest BCUT2D eigenvalue weighted by Gasteiger charge is -2.34. The second kappa shape index (κ2) is 9.44. The highest BCUT2D eigenvalue weighted by atomic mass is 32.2. The highest BCUT2D eigenvalue weighted by molar-refractivity contribution is 7.93. The molecule has 0 bridgehead atoms. The fourth-order valence-corrected chi connectivity index (χ4v) is 5.91. The molecule has 3 heterocycles. The lowest BCUT2D eigenvalue weighted by Crippen LogP contribution is -2.53. The fraction of sp³-hybridized carbons (Fsp3) is 0.167. The van der Waals surface area contributed by atoms with Gasteiger partial charge in [0.05, 0.1) is 16.5 Å². The number of fused-ring (bicyclic) bond motifs is 1. The van der Waals surface area contributed by atoms with E-state index in [1.807, 2.05) is 6.07 Å². The second-order valence-electron chi connectivity index (χ2n) is 8.09.